The van der Waals surface area contributed by atoms with Crippen LogP contribution in [0.25, 0.3) is 0 Å². The van der Waals surface area contributed by atoms with Gasteiger partial charge in [0.15, 0.2) is 0 Å². The zero-order chi connectivity index (χ0) is 20.6. The number of halogens is 1. The molecule has 1 heterocycles. The number of rotatable bonds is 5. The quantitative estimate of drug-likeness (QED) is 0.786. The van der Waals surface area contributed by atoms with Crippen molar-refractivity contribution >= 4 is 29.4 Å². The summed E-state index contributed by atoms with van der Waals surface area (Å²) >= 11 is 5.86. The molecule has 2 N–H and O–H groups in total. The van der Waals surface area contributed by atoms with Gasteiger partial charge in [0.25, 0.3) is 5.91 Å². The highest BCUT2D eigenvalue weighted by Crippen LogP contribution is 2.13. The van der Waals surface area contributed by atoms with Gasteiger partial charge in [0.2, 0.25) is 5.91 Å². The molecule has 0 spiro atoms. The molecule has 0 unspecified atom stereocenters. The van der Waals surface area contributed by atoms with Gasteiger partial charge in [0.05, 0.1) is 6.54 Å². The number of nitrogens with zero attached hydrogens (tertiary/aromatic N) is 2. The Morgan fingerprint density at radius 3 is 2.10 bits per heavy atom. The fourth-order valence-corrected chi connectivity index (χ4v) is 3.17. The lowest BCUT2D eigenvalue weighted by atomic mass is 10.2. The Morgan fingerprint density at radius 1 is 0.828 bits per heavy atom. The Hall–Kier alpha value is -3.06. The van der Waals surface area contributed by atoms with Gasteiger partial charge in [0.1, 0.15) is 0 Å². The van der Waals surface area contributed by atoms with Crippen LogP contribution >= 0.6 is 11.6 Å². The molecule has 8 heteroatoms. The lowest BCUT2D eigenvalue weighted by Crippen LogP contribution is -2.53. The van der Waals surface area contributed by atoms with Crippen molar-refractivity contribution in [2.75, 3.05) is 32.7 Å². The van der Waals surface area contributed by atoms with Crippen molar-refractivity contribution in [2.45, 2.75) is 6.54 Å². The van der Waals surface area contributed by atoms with Crippen molar-refractivity contribution in [1.82, 2.24) is 20.4 Å². The summed E-state index contributed by atoms with van der Waals surface area (Å²) in [4.78, 5) is 40.1. The van der Waals surface area contributed by atoms with Crippen molar-refractivity contribution in [1.29, 1.82) is 0 Å². The number of urea groups is 1. The Kier molecular flexibility index (Phi) is 7.08. The summed E-state index contributed by atoms with van der Waals surface area (Å²) in [6.07, 6.45) is 0. The third-order valence-corrected chi connectivity index (χ3v) is 4.96. The number of nitrogens with one attached hydrogen (secondary N) is 2. The lowest BCUT2D eigenvalue weighted by Gasteiger charge is -2.34. The first-order valence-electron chi connectivity index (χ1n) is 9.41. The summed E-state index contributed by atoms with van der Waals surface area (Å²) in [7, 11) is 0. The number of piperazine rings is 1. The monoisotopic (exact) mass is 414 g/mol. The van der Waals surface area contributed by atoms with E-state index in [1.807, 2.05) is 30.3 Å². The summed E-state index contributed by atoms with van der Waals surface area (Å²) in [6.45, 7) is 2.09. The number of hydrogen-bond donors (Lipinski definition) is 2. The average molecular weight is 415 g/mol. The van der Waals surface area contributed by atoms with Gasteiger partial charge >= 0.3 is 6.03 Å². The zero-order valence-corrected chi connectivity index (χ0v) is 16.7. The molecule has 2 aromatic carbocycles. The van der Waals surface area contributed by atoms with Gasteiger partial charge < -0.3 is 20.4 Å². The van der Waals surface area contributed by atoms with Crippen LogP contribution in [-0.4, -0.2) is 60.4 Å². The van der Waals surface area contributed by atoms with E-state index in [9.17, 15) is 14.4 Å². The fourth-order valence-electron chi connectivity index (χ4n) is 3.04. The topological polar surface area (TPSA) is 81.8 Å². The van der Waals surface area contributed by atoms with Gasteiger partial charge in [-0.05, 0) is 29.8 Å². The fraction of sp³-hybridized carbons (Fsp3) is 0.286. The predicted octanol–water partition coefficient (Wildman–Crippen LogP) is 2.12. The third kappa shape index (κ3) is 5.96. The first-order valence-corrected chi connectivity index (χ1v) is 9.79. The van der Waals surface area contributed by atoms with E-state index in [0.29, 0.717) is 43.3 Å². The van der Waals surface area contributed by atoms with Crippen molar-refractivity contribution in [3.63, 3.8) is 0 Å². The molecule has 1 aliphatic heterocycles. The van der Waals surface area contributed by atoms with E-state index in [-0.39, 0.29) is 18.4 Å². The molecule has 0 aliphatic carbocycles. The maximum Gasteiger partial charge on any atom is 0.315 e. The van der Waals surface area contributed by atoms with Crippen LogP contribution in [-0.2, 0) is 11.3 Å². The second-order valence-electron chi connectivity index (χ2n) is 6.70. The molecule has 0 saturated carbocycles. The highest BCUT2D eigenvalue weighted by atomic mass is 35.5. The molecule has 2 aromatic rings. The van der Waals surface area contributed by atoms with Crippen molar-refractivity contribution < 1.29 is 14.4 Å². The average Bonchev–Trinajstić information content (AvgIpc) is 2.77. The van der Waals surface area contributed by atoms with Crippen molar-refractivity contribution in [3.05, 3.63) is 70.7 Å². The number of benzene rings is 2. The summed E-state index contributed by atoms with van der Waals surface area (Å²) in [5.74, 6) is -0.245. The maximum atomic E-state index is 12.5. The third-order valence-electron chi connectivity index (χ3n) is 4.71. The van der Waals surface area contributed by atoms with Crippen molar-refractivity contribution in [3.8, 4) is 0 Å². The molecule has 152 valence electrons. The molecular weight excluding hydrogens is 392 g/mol. The van der Waals surface area contributed by atoms with Gasteiger partial charge in [-0.15, -0.1) is 0 Å². The van der Waals surface area contributed by atoms with Gasteiger partial charge in [-0.3, -0.25) is 9.59 Å². The van der Waals surface area contributed by atoms with Crippen LogP contribution in [0.4, 0.5) is 4.79 Å². The SMILES string of the molecule is O=C(NCC(=O)N1CCN(C(=O)c2ccc(Cl)cc2)CC1)NCc1ccccc1. The summed E-state index contributed by atoms with van der Waals surface area (Å²) < 4.78 is 0. The van der Waals surface area contributed by atoms with Crippen LogP contribution in [0.3, 0.4) is 0 Å². The standard InChI is InChI=1S/C21H23ClN4O3/c22-18-8-6-17(7-9-18)20(28)26-12-10-25(11-13-26)19(27)15-24-21(29)23-14-16-4-2-1-3-5-16/h1-9H,10-15H2,(H2,23,24,29). The van der Waals surface area contributed by atoms with Crippen LogP contribution in [0.2, 0.25) is 5.02 Å². The van der Waals surface area contributed by atoms with E-state index >= 15 is 0 Å². The molecule has 4 amide bonds. The van der Waals surface area contributed by atoms with E-state index in [2.05, 4.69) is 10.6 Å². The Balaban J connectivity index is 1.38. The molecule has 3 rings (SSSR count). The zero-order valence-electron chi connectivity index (χ0n) is 15.9. The van der Waals surface area contributed by atoms with Gasteiger partial charge in [-0.2, -0.15) is 0 Å². The Bertz CT molecular complexity index is 850. The van der Waals surface area contributed by atoms with E-state index in [1.54, 1.807) is 34.1 Å². The van der Waals surface area contributed by atoms with Gasteiger partial charge in [0, 0.05) is 43.3 Å². The van der Waals surface area contributed by atoms with E-state index in [1.165, 1.54) is 0 Å². The normalized spacial score (nSPS) is 13.7. The number of amides is 4. The first kappa shape index (κ1) is 20.7. The molecular formula is C21H23ClN4O3. The lowest BCUT2D eigenvalue weighted by molar-refractivity contribution is -0.131. The van der Waals surface area contributed by atoms with Gasteiger partial charge in [-0.25, -0.2) is 4.79 Å². The molecule has 1 aliphatic rings. The van der Waals surface area contributed by atoms with E-state index in [4.69, 9.17) is 11.6 Å². The van der Waals surface area contributed by atoms with Crippen LogP contribution in [0, 0.1) is 0 Å². The molecule has 29 heavy (non-hydrogen) atoms. The van der Waals surface area contributed by atoms with Crippen molar-refractivity contribution in [2.24, 2.45) is 0 Å². The highest BCUT2D eigenvalue weighted by molar-refractivity contribution is 6.30. The van der Waals surface area contributed by atoms with Crippen LogP contribution < -0.4 is 10.6 Å². The first-order chi connectivity index (χ1) is 14.0. The van der Waals surface area contributed by atoms with Crippen LogP contribution in [0.5, 0.6) is 0 Å². The second-order valence-corrected chi connectivity index (χ2v) is 7.14. The Morgan fingerprint density at radius 2 is 1.45 bits per heavy atom. The van der Waals surface area contributed by atoms with Crippen LogP contribution in [0.1, 0.15) is 15.9 Å². The molecule has 1 fully saturated rings. The molecule has 1 saturated heterocycles. The summed E-state index contributed by atoms with van der Waals surface area (Å²) in [5, 5.41) is 5.88. The van der Waals surface area contributed by atoms with Crippen LogP contribution in [0.15, 0.2) is 54.6 Å². The number of carbonyl (C=O) groups excluding carboxylic acids is 3. The van der Waals surface area contributed by atoms with E-state index < -0.39 is 6.03 Å². The maximum absolute atomic E-state index is 12.5. The molecule has 0 radical (unpaired) electrons. The number of carbonyl (C=O) groups is 3. The molecule has 0 aromatic heterocycles. The summed E-state index contributed by atoms with van der Waals surface area (Å²) in [6, 6.07) is 15.9. The second kappa shape index (κ2) is 9.93. The smallest absolute Gasteiger partial charge is 0.315 e. The minimum Gasteiger partial charge on any atom is -0.338 e. The minimum absolute atomic E-state index is 0.0767. The molecule has 0 bridgehead atoms. The minimum atomic E-state index is -0.390. The molecule has 7 nitrogen and oxygen atoms in total. The molecule has 0 atom stereocenters. The van der Waals surface area contributed by atoms with Gasteiger partial charge in [-0.1, -0.05) is 41.9 Å². The number of hydrogen-bond acceptors (Lipinski definition) is 3. The summed E-state index contributed by atoms with van der Waals surface area (Å²) in [5.41, 5.74) is 1.56. The highest BCUT2D eigenvalue weighted by Gasteiger charge is 2.24. The largest absolute Gasteiger partial charge is 0.338 e. The predicted molar refractivity (Wildman–Crippen MR) is 111 cm³/mol. The van der Waals surface area contributed by atoms with E-state index in [0.717, 1.165) is 5.56 Å². The Labute approximate surface area is 174 Å².